The molecule has 0 spiro atoms. The first-order valence-corrected chi connectivity index (χ1v) is 5.68. The molecule has 1 heteroatoms. The zero-order valence-corrected chi connectivity index (χ0v) is 9.63. The normalized spacial score (nSPS) is 47.6. The number of ketones is 1. The summed E-state index contributed by atoms with van der Waals surface area (Å²) >= 11 is 0. The summed E-state index contributed by atoms with van der Waals surface area (Å²) in [4.78, 5) is 11.9. The Labute approximate surface area is 86.6 Å². The summed E-state index contributed by atoms with van der Waals surface area (Å²) in [5.74, 6) is 1.98. The lowest BCUT2D eigenvalue weighted by Gasteiger charge is -2.44. The van der Waals surface area contributed by atoms with Crippen LogP contribution in [0.4, 0.5) is 0 Å². The third-order valence-electron chi connectivity index (χ3n) is 4.37. The van der Waals surface area contributed by atoms with E-state index in [1.54, 1.807) is 0 Å². The van der Waals surface area contributed by atoms with Crippen LogP contribution in [0.1, 0.15) is 40.5 Å². The van der Waals surface area contributed by atoms with Crippen molar-refractivity contribution in [1.29, 1.82) is 0 Å². The molecule has 0 saturated heterocycles. The molecular formula is C13H20O. The molecule has 2 aliphatic rings. The highest BCUT2D eigenvalue weighted by Gasteiger charge is 2.50. The Bertz CT molecular complexity index is 302. The van der Waals surface area contributed by atoms with Crippen molar-refractivity contribution < 1.29 is 4.79 Å². The minimum absolute atomic E-state index is 0.175. The molecule has 2 rings (SSSR count). The molecule has 0 aromatic carbocycles. The van der Waals surface area contributed by atoms with E-state index >= 15 is 0 Å². The van der Waals surface area contributed by atoms with Crippen LogP contribution in [0.3, 0.4) is 0 Å². The van der Waals surface area contributed by atoms with Crippen molar-refractivity contribution in [2.24, 2.45) is 23.2 Å². The predicted molar refractivity (Wildman–Crippen MR) is 57.9 cm³/mol. The molecule has 0 unspecified atom stereocenters. The van der Waals surface area contributed by atoms with Crippen molar-refractivity contribution in [3.05, 3.63) is 11.6 Å². The van der Waals surface area contributed by atoms with E-state index in [4.69, 9.17) is 0 Å². The Hall–Kier alpha value is -0.590. The molecule has 1 nitrogen and oxygen atoms in total. The van der Waals surface area contributed by atoms with E-state index in [0.29, 0.717) is 11.7 Å². The van der Waals surface area contributed by atoms with Crippen LogP contribution in [0.2, 0.25) is 0 Å². The van der Waals surface area contributed by atoms with Gasteiger partial charge in [-0.1, -0.05) is 26.3 Å². The second-order valence-corrected chi connectivity index (χ2v) is 5.65. The van der Waals surface area contributed by atoms with Gasteiger partial charge in [-0.15, -0.1) is 0 Å². The molecule has 4 atom stereocenters. The first kappa shape index (κ1) is 9.95. The molecule has 14 heavy (non-hydrogen) atoms. The summed E-state index contributed by atoms with van der Waals surface area (Å²) in [7, 11) is 0. The van der Waals surface area contributed by atoms with Crippen molar-refractivity contribution in [1.82, 2.24) is 0 Å². The zero-order chi connectivity index (χ0) is 10.5. The number of hydrogen-bond acceptors (Lipinski definition) is 1. The standard InChI is InChI=1S/C13H20O/c1-8-5-9(2)12-11(14)6-10(3)13(12,4)7-8/h6,8-9,12H,5,7H2,1-4H3/t8-,9+,12+,13+/m1/s1. The Morgan fingerprint density at radius 1 is 1.43 bits per heavy atom. The van der Waals surface area contributed by atoms with Gasteiger partial charge in [0.05, 0.1) is 0 Å². The van der Waals surface area contributed by atoms with Gasteiger partial charge >= 0.3 is 0 Å². The number of carbonyl (C=O) groups is 1. The maximum atomic E-state index is 11.9. The first-order chi connectivity index (χ1) is 6.45. The Kier molecular flexibility index (Phi) is 2.09. The van der Waals surface area contributed by atoms with Gasteiger partial charge in [0.1, 0.15) is 0 Å². The van der Waals surface area contributed by atoms with Gasteiger partial charge < -0.3 is 0 Å². The van der Waals surface area contributed by atoms with E-state index in [1.807, 2.05) is 6.08 Å². The van der Waals surface area contributed by atoms with Gasteiger partial charge in [0, 0.05) is 5.92 Å². The van der Waals surface area contributed by atoms with Crippen molar-refractivity contribution in [2.45, 2.75) is 40.5 Å². The summed E-state index contributed by atoms with van der Waals surface area (Å²) in [5, 5.41) is 0. The minimum Gasteiger partial charge on any atom is -0.295 e. The van der Waals surface area contributed by atoms with Crippen LogP contribution in [-0.2, 0) is 4.79 Å². The van der Waals surface area contributed by atoms with Crippen molar-refractivity contribution in [2.75, 3.05) is 0 Å². The fourth-order valence-electron chi connectivity index (χ4n) is 3.80. The molecule has 0 N–H and O–H groups in total. The lowest BCUT2D eigenvalue weighted by Crippen LogP contribution is -2.39. The second kappa shape index (κ2) is 2.95. The molecule has 0 bridgehead atoms. The van der Waals surface area contributed by atoms with Crippen LogP contribution in [0.5, 0.6) is 0 Å². The van der Waals surface area contributed by atoms with Crippen molar-refractivity contribution in [3.63, 3.8) is 0 Å². The average Bonchev–Trinajstić information content (AvgIpc) is 2.21. The maximum Gasteiger partial charge on any atom is 0.159 e. The molecule has 1 fully saturated rings. The lowest BCUT2D eigenvalue weighted by atomic mass is 9.59. The quantitative estimate of drug-likeness (QED) is 0.576. The van der Waals surface area contributed by atoms with Crippen molar-refractivity contribution in [3.8, 4) is 0 Å². The highest BCUT2D eigenvalue weighted by Crippen LogP contribution is 2.54. The molecule has 0 amide bonds. The van der Waals surface area contributed by atoms with Crippen LogP contribution in [-0.4, -0.2) is 5.78 Å². The summed E-state index contributed by atoms with van der Waals surface area (Å²) in [6, 6.07) is 0. The van der Waals surface area contributed by atoms with Gasteiger partial charge in [0.15, 0.2) is 5.78 Å². The number of allylic oxidation sites excluding steroid dienone is 2. The van der Waals surface area contributed by atoms with Crippen molar-refractivity contribution >= 4 is 5.78 Å². The summed E-state index contributed by atoms with van der Waals surface area (Å²) < 4.78 is 0. The smallest absolute Gasteiger partial charge is 0.159 e. The van der Waals surface area contributed by atoms with Crippen LogP contribution in [0.15, 0.2) is 11.6 Å². The van der Waals surface area contributed by atoms with E-state index in [-0.39, 0.29) is 11.3 Å². The fraction of sp³-hybridized carbons (Fsp3) is 0.769. The third-order valence-corrected chi connectivity index (χ3v) is 4.37. The Balaban J connectivity index is 2.38. The Morgan fingerprint density at radius 3 is 2.71 bits per heavy atom. The SMILES string of the molecule is CC1=CC(=O)[C@@H]2[C@@H](C)C[C@@H](C)C[C@@]12C. The van der Waals surface area contributed by atoms with Gasteiger partial charge in [-0.3, -0.25) is 4.79 Å². The van der Waals surface area contributed by atoms with E-state index in [0.717, 1.165) is 5.92 Å². The van der Waals surface area contributed by atoms with Gasteiger partial charge in [-0.25, -0.2) is 0 Å². The van der Waals surface area contributed by atoms with E-state index < -0.39 is 0 Å². The topological polar surface area (TPSA) is 17.1 Å². The number of hydrogen-bond donors (Lipinski definition) is 0. The number of fused-ring (bicyclic) bond motifs is 1. The van der Waals surface area contributed by atoms with E-state index in [2.05, 4.69) is 27.7 Å². The predicted octanol–water partition coefficient (Wildman–Crippen LogP) is 3.20. The number of rotatable bonds is 0. The summed E-state index contributed by atoms with van der Waals surface area (Å²) in [5.41, 5.74) is 1.49. The van der Waals surface area contributed by atoms with Crippen LogP contribution >= 0.6 is 0 Å². The average molecular weight is 192 g/mol. The van der Waals surface area contributed by atoms with Crippen LogP contribution in [0.25, 0.3) is 0 Å². The molecule has 0 aliphatic heterocycles. The Morgan fingerprint density at radius 2 is 2.07 bits per heavy atom. The van der Waals surface area contributed by atoms with Gasteiger partial charge in [0.2, 0.25) is 0 Å². The molecular weight excluding hydrogens is 172 g/mol. The molecule has 0 aromatic rings. The van der Waals surface area contributed by atoms with Gasteiger partial charge in [0.25, 0.3) is 0 Å². The molecule has 0 radical (unpaired) electrons. The maximum absolute atomic E-state index is 11.9. The lowest BCUT2D eigenvalue weighted by molar-refractivity contribution is -0.123. The van der Waals surface area contributed by atoms with Gasteiger partial charge in [-0.2, -0.15) is 0 Å². The molecule has 0 heterocycles. The molecule has 1 saturated carbocycles. The highest BCUT2D eigenvalue weighted by molar-refractivity contribution is 5.96. The van der Waals surface area contributed by atoms with Crippen LogP contribution < -0.4 is 0 Å². The zero-order valence-electron chi connectivity index (χ0n) is 9.63. The van der Waals surface area contributed by atoms with E-state index in [1.165, 1.54) is 18.4 Å². The summed E-state index contributed by atoms with van der Waals surface area (Å²) in [6.07, 6.45) is 4.29. The largest absolute Gasteiger partial charge is 0.295 e. The number of carbonyl (C=O) groups excluding carboxylic acids is 1. The summed E-state index contributed by atoms with van der Waals surface area (Å²) in [6.45, 7) is 8.96. The van der Waals surface area contributed by atoms with Gasteiger partial charge in [-0.05, 0) is 43.1 Å². The minimum atomic E-state index is 0.175. The van der Waals surface area contributed by atoms with E-state index in [9.17, 15) is 4.79 Å². The fourth-order valence-corrected chi connectivity index (χ4v) is 3.80. The monoisotopic (exact) mass is 192 g/mol. The first-order valence-electron chi connectivity index (χ1n) is 5.68. The van der Waals surface area contributed by atoms with Crippen LogP contribution in [0, 0.1) is 23.2 Å². The molecule has 2 aliphatic carbocycles. The third kappa shape index (κ3) is 1.18. The molecule has 0 aromatic heterocycles. The second-order valence-electron chi connectivity index (χ2n) is 5.65. The highest BCUT2D eigenvalue weighted by atomic mass is 16.1. The molecule has 78 valence electrons.